The number of hydroxylamine groups is 2. The summed E-state index contributed by atoms with van der Waals surface area (Å²) in [6.07, 6.45) is -0.715. The first-order chi connectivity index (χ1) is 8.50. The number of β-amino-alcohol motifs (C(OH)–C–C–N with tert-alkyl or cyclic N) is 1. The first kappa shape index (κ1) is 12.5. The van der Waals surface area contributed by atoms with Crippen molar-refractivity contribution in [1.82, 2.24) is 5.06 Å². The van der Waals surface area contributed by atoms with Crippen molar-refractivity contribution >= 4 is 11.6 Å². The van der Waals surface area contributed by atoms with Gasteiger partial charge in [-0.25, -0.2) is 5.06 Å². The van der Waals surface area contributed by atoms with E-state index in [1.165, 1.54) is 25.1 Å². The van der Waals surface area contributed by atoms with E-state index in [0.29, 0.717) is 0 Å². The van der Waals surface area contributed by atoms with Crippen LogP contribution in [0.5, 0.6) is 0 Å². The van der Waals surface area contributed by atoms with Gasteiger partial charge in [0.2, 0.25) is 0 Å². The first-order valence-corrected chi connectivity index (χ1v) is 5.37. The lowest BCUT2D eigenvalue weighted by molar-refractivity contribution is -0.385. The molecule has 7 nitrogen and oxygen atoms in total. The number of nitro groups is 1. The lowest BCUT2D eigenvalue weighted by Gasteiger charge is -2.14. The topological polar surface area (TPSA) is 92.9 Å². The lowest BCUT2D eigenvalue weighted by Crippen LogP contribution is -2.29. The molecule has 0 radical (unpaired) electrons. The normalized spacial score (nSPS) is 19.0. The highest BCUT2D eigenvalue weighted by Crippen LogP contribution is 2.23. The van der Waals surface area contributed by atoms with Crippen molar-refractivity contribution in [2.45, 2.75) is 13.0 Å². The predicted octanol–water partition coefficient (Wildman–Crippen LogP) is 0.652. The zero-order chi connectivity index (χ0) is 13.3. The quantitative estimate of drug-likeness (QED) is 0.616. The minimum Gasteiger partial charge on any atom is -0.389 e. The molecule has 1 aromatic rings. The number of carbonyl (C=O) groups is 1. The predicted molar refractivity (Wildman–Crippen MR) is 60.8 cm³/mol. The number of carbonyl (C=O) groups excluding carboxylic acids is 1. The molecule has 1 N–H and O–H groups in total. The summed E-state index contributed by atoms with van der Waals surface area (Å²) < 4.78 is 0. The van der Waals surface area contributed by atoms with E-state index in [2.05, 4.69) is 0 Å². The molecular weight excluding hydrogens is 240 g/mol. The fraction of sp³-hybridized carbons (Fsp3) is 0.364. The molecule has 0 aromatic heterocycles. The Kier molecular flexibility index (Phi) is 3.26. The number of nitrogens with zero attached hydrogens (tertiary/aromatic N) is 2. The standard InChI is InChI=1S/C11H12N2O5/c1-7-9(3-2-4-10(7)13(16)17)11(15)12-5-8(14)6-18-12/h2-4,8,14H,5-6H2,1H3. The Morgan fingerprint density at radius 3 is 2.89 bits per heavy atom. The second-order valence-corrected chi connectivity index (χ2v) is 4.02. The number of nitro benzene ring substituents is 1. The van der Waals surface area contributed by atoms with E-state index in [1.807, 2.05) is 0 Å². The van der Waals surface area contributed by atoms with Gasteiger partial charge < -0.3 is 5.11 Å². The van der Waals surface area contributed by atoms with Crippen LogP contribution in [0.25, 0.3) is 0 Å². The number of aliphatic hydroxyl groups excluding tert-OH is 1. The van der Waals surface area contributed by atoms with Crippen LogP contribution in [0.3, 0.4) is 0 Å². The molecule has 7 heteroatoms. The van der Waals surface area contributed by atoms with Crippen molar-refractivity contribution in [3.63, 3.8) is 0 Å². The van der Waals surface area contributed by atoms with Gasteiger partial charge in [-0.3, -0.25) is 19.7 Å². The van der Waals surface area contributed by atoms with Crippen molar-refractivity contribution in [1.29, 1.82) is 0 Å². The van der Waals surface area contributed by atoms with Crippen LogP contribution in [0.4, 0.5) is 5.69 Å². The molecule has 0 spiro atoms. The van der Waals surface area contributed by atoms with Crippen LogP contribution in [0.15, 0.2) is 18.2 Å². The van der Waals surface area contributed by atoms with Crippen molar-refractivity contribution in [2.75, 3.05) is 13.2 Å². The Balaban J connectivity index is 2.31. The van der Waals surface area contributed by atoms with Gasteiger partial charge in [-0.1, -0.05) is 6.07 Å². The van der Waals surface area contributed by atoms with Crippen molar-refractivity contribution < 1.29 is 19.7 Å². The van der Waals surface area contributed by atoms with Gasteiger partial charge in [0.1, 0.15) is 12.7 Å². The van der Waals surface area contributed by atoms with E-state index in [4.69, 9.17) is 4.84 Å². The van der Waals surface area contributed by atoms with Crippen molar-refractivity contribution in [2.24, 2.45) is 0 Å². The van der Waals surface area contributed by atoms with Gasteiger partial charge >= 0.3 is 0 Å². The monoisotopic (exact) mass is 252 g/mol. The molecule has 0 saturated carbocycles. The van der Waals surface area contributed by atoms with Gasteiger partial charge in [0.15, 0.2) is 0 Å². The van der Waals surface area contributed by atoms with E-state index in [-0.39, 0.29) is 30.0 Å². The number of rotatable bonds is 2. The second kappa shape index (κ2) is 4.71. The summed E-state index contributed by atoms with van der Waals surface area (Å²) in [5.74, 6) is -0.479. The Bertz CT molecular complexity index is 502. The molecule has 0 aliphatic carbocycles. The minimum absolute atomic E-state index is 0.0553. The third-order valence-electron chi connectivity index (χ3n) is 2.76. The third-order valence-corrected chi connectivity index (χ3v) is 2.76. The molecule has 0 bridgehead atoms. The Morgan fingerprint density at radius 2 is 2.33 bits per heavy atom. The Hall–Kier alpha value is -1.99. The Labute approximate surface area is 103 Å². The van der Waals surface area contributed by atoms with Gasteiger partial charge in [-0.2, -0.15) is 0 Å². The summed E-state index contributed by atoms with van der Waals surface area (Å²) in [7, 11) is 0. The maximum atomic E-state index is 12.1. The van der Waals surface area contributed by atoms with Gasteiger partial charge in [-0.05, 0) is 13.0 Å². The average Bonchev–Trinajstić information content (AvgIpc) is 2.75. The maximum Gasteiger partial charge on any atom is 0.278 e. The average molecular weight is 252 g/mol. The molecule has 1 unspecified atom stereocenters. The maximum absolute atomic E-state index is 12.1. The zero-order valence-corrected chi connectivity index (χ0v) is 9.70. The van der Waals surface area contributed by atoms with Crippen LogP contribution in [0.2, 0.25) is 0 Å². The highest BCUT2D eigenvalue weighted by atomic mass is 16.7. The zero-order valence-electron chi connectivity index (χ0n) is 9.70. The summed E-state index contributed by atoms with van der Waals surface area (Å²) in [4.78, 5) is 27.3. The van der Waals surface area contributed by atoms with E-state index < -0.39 is 16.9 Å². The van der Waals surface area contributed by atoms with Gasteiger partial charge in [0.05, 0.1) is 17.0 Å². The fourth-order valence-electron chi connectivity index (χ4n) is 1.80. The fourth-order valence-corrected chi connectivity index (χ4v) is 1.80. The van der Waals surface area contributed by atoms with E-state index in [0.717, 1.165) is 5.06 Å². The number of hydrogen-bond acceptors (Lipinski definition) is 5. The molecule has 18 heavy (non-hydrogen) atoms. The summed E-state index contributed by atoms with van der Waals surface area (Å²) in [5.41, 5.74) is 0.386. The molecule has 96 valence electrons. The van der Waals surface area contributed by atoms with Crippen molar-refractivity contribution in [3.05, 3.63) is 39.4 Å². The molecule has 1 aliphatic heterocycles. The van der Waals surface area contributed by atoms with Crippen LogP contribution in [0, 0.1) is 17.0 Å². The number of hydrogen-bond donors (Lipinski definition) is 1. The summed E-state index contributed by atoms with van der Waals surface area (Å²) in [6.45, 7) is 1.64. The molecular formula is C11H12N2O5. The van der Waals surface area contributed by atoms with E-state index in [1.54, 1.807) is 0 Å². The Morgan fingerprint density at radius 1 is 1.61 bits per heavy atom. The highest BCUT2D eigenvalue weighted by Gasteiger charge is 2.29. The molecule has 1 aromatic carbocycles. The van der Waals surface area contributed by atoms with Crippen molar-refractivity contribution in [3.8, 4) is 0 Å². The summed E-state index contributed by atoms with van der Waals surface area (Å²) in [5, 5.41) is 21.1. The SMILES string of the molecule is Cc1c(C(=O)N2CC(O)CO2)cccc1[N+](=O)[O-]. The second-order valence-electron chi connectivity index (χ2n) is 4.02. The van der Waals surface area contributed by atoms with Crippen LogP contribution >= 0.6 is 0 Å². The summed E-state index contributed by atoms with van der Waals surface area (Å²) in [6, 6.07) is 4.29. The summed E-state index contributed by atoms with van der Waals surface area (Å²) >= 11 is 0. The highest BCUT2D eigenvalue weighted by molar-refractivity contribution is 5.96. The first-order valence-electron chi connectivity index (χ1n) is 5.37. The van der Waals surface area contributed by atoms with Crippen LogP contribution in [0.1, 0.15) is 15.9 Å². The molecule has 1 saturated heterocycles. The van der Waals surface area contributed by atoms with Gasteiger partial charge in [0, 0.05) is 11.6 Å². The smallest absolute Gasteiger partial charge is 0.278 e. The van der Waals surface area contributed by atoms with E-state index in [9.17, 15) is 20.0 Å². The molecule has 1 aliphatic rings. The van der Waals surface area contributed by atoms with Gasteiger partial charge in [-0.15, -0.1) is 0 Å². The van der Waals surface area contributed by atoms with Gasteiger partial charge in [0.25, 0.3) is 11.6 Å². The largest absolute Gasteiger partial charge is 0.389 e. The lowest BCUT2D eigenvalue weighted by atomic mass is 10.1. The number of benzene rings is 1. The molecule has 2 rings (SSSR count). The van der Waals surface area contributed by atoms with Crippen LogP contribution in [-0.2, 0) is 4.84 Å². The number of aliphatic hydroxyl groups is 1. The van der Waals surface area contributed by atoms with Crippen LogP contribution in [-0.4, -0.2) is 40.3 Å². The third kappa shape index (κ3) is 2.18. The molecule has 1 atom stereocenters. The number of amides is 1. The minimum atomic E-state index is -0.715. The van der Waals surface area contributed by atoms with Crippen LogP contribution < -0.4 is 0 Å². The molecule has 1 fully saturated rings. The molecule has 1 amide bonds. The van der Waals surface area contributed by atoms with E-state index >= 15 is 0 Å². The molecule has 1 heterocycles.